The second kappa shape index (κ2) is 11.7. The monoisotopic (exact) mass is 518 g/mol. The van der Waals surface area contributed by atoms with Crippen LogP contribution in [0.25, 0.3) is 0 Å². The lowest BCUT2D eigenvalue weighted by Gasteiger charge is -2.37. The smallest absolute Gasteiger partial charge is 0.251 e. The molecule has 0 aliphatic carbocycles. The minimum absolute atomic E-state index is 0.138. The van der Waals surface area contributed by atoms with Crippen LogP contribution in [0.4, 0.5) is 0 Å². The van der Waals surface area contributed by atoms with Gasteiger partial charge in [-0.3, -0.25) is 14.4 Å². The van der Waals surface area contributed by atoms with E-state index in [-0.39, 0.29) is 42.6 Å². The standard InChI is InChI=1S/C30H38N4O4/c1-18-13-23(12-11-22(18)16-24(28(32)36)15-20(3)31)29(37)33-17-26(35)34-25(30(4,5)38)14-19(2)27(34)21-9-7-6-8-10-21/h6-13,15,19,25,27,31,38H,14,16-17H2,1-5H3,(H2,32,36)(H,33,37)/b24-15-,31-20?/t19-,25?,27?/m0/s1. The fourth-order valence-corrected chi connectivity index (χ4v) is 5.22. The van der Waals surface area contributed by atoms with Gasteiger partial charge in [-0.15, -0.1) is 0 Å². The molecule has 5 N–H and O–H groups in total. The van der Waals surface area contributed by atoms with E-state index in [0.717, 1.165) is 16.7 Å². The van der Waals surface area contributed by atoms with E-state index in [4.69, 9.17) is 11.1 Å². The molecule has 3 atom stereocenters. The lowest BCUT2D eigenvalue weighted by molar-refractivity contribution is -0.138. The third-order valence-electron chi connectivity index (χ3n) is 7.11. The van der Waals surface area contributed by atoms with Crippen molar-refractivity contribution < 1.29 is 19.5 Å². The molecular formula is C30H38N4O4. The van der Waals surface area contributed by atoms with Gasteiger partial charge in [0.05, 0.1) is 24.2 Å². The SMILES string of the molecule is CC(=N)/C=C(/Cc1ccc(C(=O)NCC(=O)N2C(c3ccccc3)[C@@H](C)CC2C(C)(C)O)cc1C)C(N)=O. The van der Waals surface area contributed by atoms with Crippen molar-refractivity contribution in [3.05, 3.63) is 82.4 Å². The van der Waals surface area contributed by atoms with Crippen LogP contribution in [0.15, 0.2) is 60.2 Å². The lowest BCUT2D eigenvalue weighted by atomic mass is 9.92. The zero-order chi connectivity index (χ0) is 28.2. The first-order valence-corrected chi connectivity index (χ1v) is 12.8. The number of primary amides is 1. The summed E-state index contributed by atoms with van der Waals surface area (Å²) in [5.74, 6) is -1.10. The number of nitrogens with two attached hydrogens (primary N) is 1. The zero-order valence-corrected chi connectivity index (χ0v) is 22.7. The number of amides is 3. The molecule has 3 amide bonds. The molecule has 0 radical (unpaired) electrons. The maximum Gasteiger partial charge on any atom is 0.251 e. The molecule has 1 heterocycles. The minimum Gasteiger partial charge on any atom is -0.388 e. The van der Waals surface area contributed by atoms with E-state index >= 15 is 0 Å². The second-order valence-electron chi connectivity index (χ2n) is 10.8. The van der Waals surface area contributed by atoms with Crippen LogP contribution in [0.3, 0.4) is 0 Å². The molecule has 3 rings (SSSR count). The van der Waals surface area contributed by atoms with Crippen molar-refractivity contribution in [3.63, 3.8) is 0 Å². The Morgan fingerprint density at radius 2 is 1.84 bits per heavy atom. The molecule has 2 unspecified atom stereocenters. The van der Waals surface area contributed by atoms with E-state index < -0.39 is 17.4 Å². The molecule has 8 nitrogen and oxygen atoms in total. The molecule has 0 aromatic heterocycles. The van der Waals surface area contributed by atoms with Gasteiger partial charge in [-0.25, -0.2) is 0 Å². The molecule has 1 aliphatic heterocycles. The quantitative estimate of drug-likeness (QED) is 0.298. The maximum absolute atomic E-state index is 13.5. The summed E-state index contributed by atoms with van der Waals surface area (Å²) >= 11 is 0. The summed E-state index contributed by atoms with van der Waals surface area (Å²) in [6.07, 6.45) is 2.35. The van der Waals surface area contributed by atoms with E-state index in [9.17, 15) is 19.5 Å². The van der Waals surface area contributed by atoms with Crippen LogP contribution in [0.2, 0.25) is 0 Å². The van der Waals surface area contributed by atoms with Gasteiger partial charge in [0.15, 0.2) is 0 Å². The van der Waals surface area contributed by atoms with Crippen LogP contribution >= 0.6 is 0 Å². The zero-order valence-electron chi connectivity index (χ0n) is 22.7. The molecule has 38 heavy (non-hydrogen) atoms. The van der Waals surface area contributed by atoms with Crippen molar-refractivity contribution in [1.82, 2.24) is 10.2 Å². The van der Waals surface area contributed by atoms with Crippen LogP contribution in [0.1, 0.15) is 67.2 Å². The van der Waals surface area contributed by atoms with Crippen LogP contribution in [0.5, 0.6) is 0 Å². The number of allylic oxidation sites excluding steroid dienone is 1. The Morgan fingerprint density at radius 3 is 2.39 bits per heavy atom. The first-order chi connectivity index (χ1) is 17.8. The Kier molecular flexibility index (Phi) is 8.89. The summed E-state index contributed by atoms with van der Waals surface area (Å²) in [7, 11) is 0. The second-order valence-corrected chi connectivity index (χ2v) is 10.8. The number of nitrogens with zero attached hydrogens (tertiary/aromatic N) is 1. The number of likely N-dealkylation sites (tertiary alicyclic amines) is 1. The Morgan fingerprint density at radius 1 is 1.18 bits per heavy atom. The van der Waals surface area contributed by atoms with E-state index in [1.165, 1.54) is 6.08 Å². The topological polar surface area (TPSA) is 137 Å². The van der Waals surface area contributed by atoms with Crippen molar-refractivity contribution in [2.24, 2.45) is 11.7 Å². The van der Waals surface area contributed by atoms with E-state index in [0.29, 0.717) is 17.6 Å². The maximum atomic E-state index is 13.5. The minimum atomic E-state index is -1.10. The molecule has 1 fully saturated rings. The van der Waals surface area contributed by atoms with Crippen molar-refractivity contribution in [1.29, 1.82) is 5.41 Å². The first kappa shape index (κ1) is 28.8. The van der Waals surface area contributed by atoms with Gasteiger partial charge in [-0.1, -0.05) is 43.3 Å². The molecule has 2 aromatic carbocycles. The number of rotatable bonds is 9. The normalized spacial score (nSPS) is 19.8. The number of aliphatic hydroxyl groups is 1. The Balaban J connectivity index is 1.75. The summed E-state index contributed by atoms with van der Waals surface area (Å²) in [5, 5.41) is 21.2. The Labute approximate surface area is 224 Å². The van der Waals surface area contributed by atoms with Gasteiger partial charge in [-0.05, 0) is 74.9 Å². The molecule has 8 heteroatoms. The molecule has 2 aromatic rings. The van der Waals surface area contributed by atoms with E-state index in [1.807, 2.05) is 37.3 Å². The lowest BCUT2D eigenvalue weighted by Crippen LogP contribution is -2.51. The van der Waals surface area contributed by atoms with Crippen molar-refractivity contribution >= 4 is 23.4 Å². The van der Waals surface area contributed by atoms with Gasteiger partial charge in [-0.2, -0.15) is 0 Å². The number of carbonyl (C=O) groups excluding carboxylic acids is 3. The number of nitrogens with one attached hydrogen (secondary N) is 2. The van der Waals surface area contributed by atoms with Crippen LogP contribution in [-0.4, -0.2) is 51.6 Å². The fourth-order valence-electron chi connectivity index (χ4n) is 5.22. The van der Waals surface area contributed by atoms with E-state index in [1.54, 1.807) is 43.9 Å². The molecule has 0 saturated carbocycles. The van der Waals surface area contributed by atoms with Crippen LogP contribution in [-0.2, 0) is 16.0 Å². The molecule has 1 saturated heterocycles. The molecule has 1 aliphatic rings. The van der Waals surface area contributed by atoms with Crippen LogP contribution in [0, 0.1) is 18.3 Å². The largest absolute Gasteiger partial charge is 0.388 e. The number of carbonyl (C=O) groups is 3. The number of hydrogen-bond acceptors (Lipinski definition) is 5. The van der Waals surface area contributed by atoms with Crippen molar-refractivity contribution in [2.45, 2.75) is 65.1 Å². The van der Waals surface area contributed by atoms with Crippen molar-refractivity contribution in [2.75, 3.05) is 6.54 Å². The molecular weight excluding hydrogens is 480 g/mol. The highest BCUT2D eigenvalue weighted by atomic mass is 16.3. The van der Waals surface area contributed by atoms with Gasteiger partial charge in [0.2, 0.25) is 11.8 Å². The average molecular weight is 519 g/mol. The highest BCUT2D eigenvalue weighted by Crippen LogP contribution is 2.44. The van der Waals surface area contributed by atoms with Gasteiger partial charge in [0.1, 0.15) is 0 Å². The molecule has 0 bridgehead atoms. The summed E-state index contributed by atoms with van der Waals surface area (Å²) in [6, 6.07) is 14.3. The van der Waals surface area contributed by atoms with Gasteiger partial charge in [0, 0.05) is 23.3 Å². The highest BCUT2D eigenvalue weighted by Gasteiger charge is 2.47. The van der Waals surface area contributed by atoms with Gasteiger partial charge >= 0.3 is 0 Å². The molecule has 202 valence electrons. The van der Waals surface area contributed by atoms with Gasteiger partial charge < -0.3 is 26.5 Å². The number of hydrogen-bond donors (Lipinski definition) is 4. The summed E-state index contributed by atoms with van der Waals surface area (Å²) in [4.78, 5) is 39.9. The predicted molar refractivity (Wildman–Crippen MR) is 148 cm³/mol. The van der Waals surface area contributed by atoms with E-state index in [2.05, 4.69) is 12.2 Å². The van der Waals surface area contributed by atoms with Crippen molar-refractivity contribution in [3.8, 4) is 0 Å². The summed E-state index contributed by atoms with van der Waals surface area (Å²) < 4.78 is 0. The predicted octanol–water partition coefficient (Wildman–Crippen LogP) is 3.47. The summed E-state index contributed by atoms with van der Waals surface area (Å²) in [6.45, 7) is 8.70. The first-order valence-electron chi connectivity index (χ1n) is 12.8. The third-order valence-corrected chi connectivity index (χ3v) is 7.11. The fraction of sp³-hybridized carbons (Fsp3) is 0.400. The third kappa shape index (κ3) is 6.75. The number of aryl methyl sites for hydroxylation is 1. The molecule has 0 spiro atoms. The Hall–Kier alpha value is -3.78. The Bertz CT molecular complexity index is 1250. The highest BCUT2D eigenvalue weighted by molar-refractivity contribution is 6.01. The van der Waals surface area contributed by atoms with Crippen LogP contribution < -0.4 is 11.1 Å². The average Bonchev–Trinajstić information content (AvgIpc) is 3.21. The number of benzene rings is 2. The summed E-state index contributed by atoms with van der Waals surface area (Å²) in [5.41, 5.74) is 7.89. The van der Waals surface area contributed by atoms with Gasteiger partial charge in [0.25, 0.3) is 5.91 Å².